The molecule has 3 nitrogen and oxygen atoms in total. The average molecular weight is 143 g/mol. The Morgan fingerprint density at radius 1 is 1.50 bits per heavy atom. The minimum atomic E-state index is -0.369. The Bertz CT molecular complexity index is 219. The third-order valence-electron chi connectivity index (χ3n) is 1.50. The van der Waals surface area contributed by atoms with Gasteiger partial charge in [0.2, 0.25) is 0 Å². The summed E-state index contributed by atoms with van der Waals surface area (Å²) >= 11 is 0. The van der Waals surface area contributed by atoms with E-state index in [1.165, 1.54) is 0 Å². The first-order valence-electron chi connectivity index (χ1n) is 3.16. The fraction of sp³-hybridized carbons (Fsp3) is 0.667. The van der Waals surface area contributed by atoms with Gasteiger partial charge in [0.05, 0.1) is 6.67 Å². The zero-order chi connectivity index (χ0) is 7.56. The first-order chi connectivity index (χ1) is 4.75. The van der Waals surface area contributed by atoms with Crippen molar-refractivity contribution < 1.29 is 4.39 Å². The van der Waals surface area contributed by atoms with Crippen LogP contribution in [-0.4, -0.2) is 21.4 Å². The molecule has 0 saturated carbocycles. The second-order valence-corrected chi connectivity index (χ2v) is 2.16. The van der Waals surface area contributed by atoms with Crippen LogP contribution in [0.4, 0.5) is 4.39 Å². The van der Waals surface area contributed by atoms with E-state index in [0.717, 1.165) is 5.82 Å². The summed E-state index contributed by atoms with van der Waals surface area (Å²) in [4.78, 5) is 0. The normalized spacial score (nSPS) is 10.3. The SMILES string of the molecule is Cc1nnc(CCF)n1C. The second-order valence-electron chi connectivity index (χ2n) is 2.16. The first-order valence-corrected chi connectivity index (χ1v) is 3.16. The standard InChI is InChI=1S/C6H10FN3/c1-5-8-9-6(3-4-7)10(5)2/h3-4H2,1-2H3. The highest BCUT2D eigenvalue weighted by atomic mass is 19.1. The van der Waals surface area contributed by atoms with Crippen molar-refractivity contribution in [1.82, 2.24) is 14.8 Å². The van der Waals surface area contributed by atoms with Crippen molar-refractivity contribution in [1.29, 1.82) is 0 Å². The summed E-state index contributed by atoms with van der Waals surface area (Å²) in [5, 5.41) is 7.56. The van der Waals surface area contributed by atoms with Crippen molar-refractivity contribution >= 4 is 0 Å². The lowest BCUT2D eigenvalue weighted by Crippen LogP contribution is -2.00. The Morgan fingerprint density at radius 2 is 2.20 bits per heavy atom. The zero-order valence-electron chi connectivity index (χ0n) is 6.13. The summed E-state index contributed by atoms with van der Waals surface area (Å²) in [5.74, 6) is 1.53. The predicted octanol–water partition coefficient (Wildman–Crippen LogP) is 0.636. The molecule has 0 saturated heterocycles. The number of rotatable bonds is 2. The van der Waals surface area contributed by atoms with Gasteiger partial charge in [0, 0.05) is 13.5 Å². The minimum absolute atomic E-state index is 0.358. The van der Waals surface area contributed by atoms with Crippen LogP contribution in [0.3, 0.4) is 0 Å². The molecule has 0 N–H and O–H groups in total. The number of aromatic nitrogens is 3. The molecule has 56 valence electrons. The topological polar surface area (TPSA) is 30.7 Å². The van der Waals surface area contributed by atoms with E-state index in [4.69, 9.17) is 0 Å². The number of aryl methyl sites for hydroxylation is 2. The summed E-state index contributed by atoms with van der Waals surface area (Å²) in [5.41, 5.74) is 0. The van der Waals surface area contributed by atoms with Crippen molar-refractivity contribution in [2.24, 2.45) is 7.05 Å². The number of hydrogen-bond donors (Lipinski definition) is 0. The van der Waals surface area contributed by atoms with E-state index in [9.17, 15) is 4.39 Å². The van der Waals surface area contributed by atoms with Crippen molar-refractivity contribution in [2.75, 3.05) is 6.67 Å². The molecule has 0 spiro atoms. The largest absolute Gasteiger partial charge is 0.318 e. The number of halogens is 1. The molecule has 0 aliphatic heterocycles. The van der Waals surface area contributed by atoms with Gasteiger partial charge in [-0.25, -0.2) is 0 Å². The molecular weight excluding hydrogens is 133 g/mol. The van der Waals surface area contributed by atoms with Crippen LogP contribution in [0.25, 0.3) is 0 Å². The number of alkyl halides is 1. The highest BCUT2D eigenvalue weighted by Gasteiger charge is 2.02. The molecule has 1 aromatic heterocycles. The molecule has 0 atom stereocenters. The number of hydrogen-bond acceptors (Lipinski definition) is 2. The van der Waals surface area contributed by atoms with Crippen LogP contribution in [0.5, 0.6) is 0 Å². The van der Waals surface area contributed by atoms with Gasteiger partial charge in [0.15, 0.2) is 0 Å². The van der Waals surface area contributed by atoms with Crippen LogP contribution >= 0.6 is 0 Å². The third-order valence-corrected chi connectivity index (χ3v) is 1.50. The van der Waals surface area contributed by atoms with Gasteiger partial charge in [-0.1, -0.05) is 0 Å². The van der Waals surface area contributed by atoms with Gasteiger partial charge in [-0.3, -0.25) is 4.39 Å². The summed E-state index contributed by atoms with van der Waals surface area (Å²) < 4.78 is 13.6. The van der Waals surface area contributed by atoms with Gasteiger partial charge < -0.3 is 4.57 Å². The fourth-order valence-corrected chi connectivity index (χ4v) is 0.753. The van der Waals surface area contributed by atoms with Gasteiger partial charge in [0.1, 0.15) is 11.6 Å². The zero-order valence-corrected chi connectivity index (χ0v) is 6.13. The second kappa shape index (κ2) is 2.77. The highest BCUT2D eigenvalue weighted by molar-refractivity contribution is 4.92. The van der Waals surface area contributed by atoms with Gasteiger partial charge in [0.25, 0.3) is 0 Å². The molecule has 0 unspecified atom stereocenters. The van der Waals surface area contributed by atoms with Gasteiger partial charge >= 0.3 is 0 Å². The summed E-state index contributed by atoms with van der Waals surface area (Å²) in [6, 6.07) is 0. The van der Waals surface area contributed by atoms with Crippen LogP contribution in [-0.2, 0) is 13.5 Å². The summed E-state index contributed by atoms with van der Waals surface area (Å²) in [7, 11) is 1.83. The summed E-state index contributed by atoms with van der Waals surface area (Å²) in [6.45, 7) is 1.47. The fourth-order valence-electron chi connectivity index (χ4n) is 0.753. The lowest BCUT2D eigenvalue weighted by Gasteiger charge is -1.96. The molecule has 1 heterocycles. The van der Waals surface area contributed by atoms with Crippen molar-refractivity contribution in [2.45, 2.75) is 13.3 Å². The smallest absolute Gasteiger partial charge is 0.135 e. The molecule has 0 bridgehead atoms. The first kappa shape index (κ1) is 7.18. The van der Waals surface area contributed by atoms with Crippen LogP contribution in [0, 0.1) is 6.92 Å². The third kappa shape index (κ3) is 1.15. The lowest BCUT2D eigenvalue weighted by molar-refractivity contribution is 0.482. The van der Waals surface area contributed by atoms with Gasteiger partial charge in [-0.2, -0.15) is 0 Å². The molecule has 0 fully saturated rings. The van der Waals surface area contributed by atoms with E-state index in [0.29, 0.717) is 12.2 Å². The number of nitrogens with zero attached hydrogens (tertiary/aromatic N) is 3. The van der Waals surface area contributed by atoms with Crippen LogP contribution < -0.4 is 0 Å². The van der Waals surface area contributed by atoms with E-state index in [1.54, 1.807) is 4.57 Å². The maximum absolute atomic E-state index is 11.8. The summed E-state index contributed by atoms with van der Waals surface area (Å²) in [6.07, 6.45) is 0.358. The van der Waals surface area contributed by atoms with Crippen LogP contribution in [0.2, 0.25) is 0 Å². The molecule has 0 radical (unpaired) electrons. The minimum Gasteiger partial charge on any atom is -0.318 e. The monoisotopic (exact) mass is 143 g/mol. The lowest BCUT2D eigenvalue weighted by atomic mass is 10.4. The van der Waals surface area contributed by atoms with E-state index in [1.807, 2.05) is 14.0 Å². The molecule has 0 aliphatic carbocycles. The van der Waals surface area contributed by atoms with Crippen LogP contribution in [0.15, 0.2) is 0 Å². The molecule has 0 aliphatic rings. The Morgan fingerprint density at radius 3 is 2.60 bits per heavy atom. The van der Waals surface area contributed by atoms with E-state index in [-0.39, 0.29) is 6.67 Å². The Balaban J connectivity index is 2.83. The average Bonchev–Trinajstić information content (AvgIpc) is 2.20. The maximum atomic E-state index is 11.8. The van der Waals surface area contributed by atoms with Crippen molar-refractivity contribution in [3.63, 3.8) is 0 Å². The van der Waals surface area contributed by atoms with Gasteiger partial charge in [-0.15, -0.1) is 10.2 Å². The molecular formula is C6H10FN3. The molecule has 1 rings (SSSR count). The van der Waals surface area contributed by atoms with E-state index >= 15 is 0 Å². The molecule has 1 aromatic rings. The maximum Gasteiger partial charge on any atom is 0.135 e. The van der Waals surface area contributed by atoms with E-state index in [2.05, 4.69) is 10.2 Å². The highest BCUT2D eigenvalue weighted by Crippen LogP contribution is 1.97. The van der Waals surface area contributed by atoms with Crippen molar-refractivity contribution in [3.8, 4) is 0 Å². The quantitative estimate of drug-likeness (QED) is 0.608. The van der Waals surface area contributed by atoms with Crippen molar-refractivity contribution in [3.05, 3.63) is 11.6 Å². The Kier molecular flexibility index (Phi) is 1.99. The molecule has 4 heteroatoms. The molecule has 0 amide bonds. The van der Waals surface area contributed by atoms with Crippen LogP contribution in [0.1, 0.15) is 11.6 Å². The Labute approximate surface area is 58.9 Å². The predicted molar refractivity (Wildman–Crippen MR) is 35.4 cm³/mol. The molecule has 0 aromatic carbocycles. The van der Waals surface area contributed by atoms with Gasteiger partial charge in [-0.05, 0) is 6.92 Å². The molecule has 10 heavy (non-hydrogen) atoms. The van der Waals surface area contributed by atoms with E-state index < -0.39 is 0 Å². The Hall–Kier alpha value is -0.930.